The Balaban J connectivity index is 1.89. The molecule has 1 aromatic carbocycles. The van der Waals surface area contributed by atoms with Crippen LogP contribution in [0, 0.1) is 5.82 Å². The van der Waals surface area contributed by atoms with E-state index >= 15 is 0 Å². The monoisotopic (exact) mass is 330 g/mol. The third kappa shape index (κ3) is 4.41. The molecule has 0 radical (unpaired) electrons. The van der Waals surface area contributed by atoms with Gasteiger partial charge in [0.25, 0.3) is 5.91 Å². The Labute approximate surface area is 129 Å². The molecule has 6 nitrogen and oxygen atoms in total. The predicted molar refractivity (Wildman–Crippen MR) is 79.5 cm³/mol. The maximum absolute atomic E-state index is 13.4. The Morgan fingerprint density at radius 3 is 2.64 bits per heavy atom. The number of hydrogen-bond donors (Lipinski definition) is 0. The van der Waals surface area contributed by atoms with E-state index in [1.807, 2.05) is 0 Å². The molecule has 122 valence electrons. The molecule has 1 aromatic rings. The normalized spacial score (nSPS) is 17.1. The number of carbonyl (C=O) groups is 1. The van der Waals surface area contributed by atoms with Gasteiger partial charge in [-0.2, -0.15) is 0 Å². The van der Waals surface area contributed by atoms with Crippen LogP contribution in [0.25, 0.3) is 0 Å². The zero-order chi connectivity index (χ0) is 16.2. The predicted octanol–water partition coefficient (Wildman–Crippen LogP) is 0.698. The summed E-state index contributed by atoms with van der Waals surface area (Å²) in [5.41, 5.74) is 0. The van der Waals surface area contributed by atoms with Crippen LogP contribution in [-0.4, -0.2) is 62.6 Å². The lowest BCUT2D eigenvalue weighted by molar-refractivity contribution is -0.133. The average molecular weight is 330 g/mol. The first-order valence-corrected chi connectivity index (χ1v) is 8.83. The van der Waals surface area contributed by atoms with Gasteiger partial charge < -0.3 is 9.64 Å². The molecular formula is C14H19FN2O4S. The number of ether oxygens (including phenoxy) is 1. The summed E-state index contributed by atoms with van der Waals surface area (Å²) in [6.45, 7) is 1.18. The van der Waals surface area contributed by atoms with Gasteiger partial charge in [0, 0.05) is 26.2 Å². The number of amides is 1. The highest BCUT2D eigenvalue weighted by atomic mass is 32.2. The first kappa shape index (κ1) is 16.7. The second-order valence-corrected chi connectivity index (χ2v) is 7.10. The first-order valence-electron chi connectivity index (χ1n) is 6.98. The molecule has 0 bridgehead atoms. The molecular weight excluding hydrogens is 311 g/mol. The van der Waals surface area contributed by atoms with Gasteiger partial charge in [-0.1, -0.05) is 12.1 Å². The SMILES string of the molecule is CS(=O)(=O)N1CCCN(C(=O)COc2ccccc2F)CC1. The smallest absolute Gasteiger partial charge is 0.260 e. The Morgan fingerprint density at radius 2 is 1.95 bits per heavy atom. The van der Waals surface area contributed by atoms with E-state index in [0.717, 1.165) is 6.26 Å². The van der Waals surface area contributed by atoms with E-state index in [4.69, 9.17) is 4.74 Å². The lowest BCUT2D eigenvalue weighted by Gasteiger charge is -2.21. The van der Waals surface area contributed by atoms with E-state index in [9.17, 15) is 17.6 Å². The van der Waals surface area contributed by atoms with Crippen molar-refractivity contribution in [3.63, 3.8) is 0 Å². The molecule has 0 atom stereocenters. The lowest BCUT2D eigenvalue weighted by atomic mass is 10.3. The molecule has 1 saturated heterocycles. The Morgan fingerprint density at radius 1 is 1.23 bits per heavy atom. The van der Waals surface area contributed by atoms with Crippen LogP contribution in [0.2, 0.25) is 0 Å². The van der Waals surface area contributed by atoms with Crippen molar-refractivity contribution in [1.82, 2.24) is 9.21 Å². The summed E-state index contributed by atoms with van der Waals surface area (Å²) in [5.74, 6) is -0.767. The van der Waals surface area contributed by atoms with Crippen LogP contribution in [0.1, 0.15) is 6.42 Å². The number of para-hydroxylation sites is 1. The largest absolute Gasteiger partial charge is 0.481 e. The summed E-state index contributed by atoms with van der Waals surface area (Å²) in [6.07, 6.45) is 1.73. The van der Waals surface area contributed by atoms with Crippen LogP contribution in [0.3, 0.4) is 0 Å². The topological polar surface area (TPSA) is 66.9 Å². The minimum Gasteiger partial charge on any atom is -0.481 e. The number of halogens is 1. The van der Waals surface area contributed by atoms with E-state index < -0.39 is 15.8 Å². The van der Waals surface area contributed by atoms with Crippen LogP contribution in [-0.2, 0) is 14.8 Å². The zero-order valence-electron chi connectivity index (χ0n) is 12.4. The molecule has 1 aliphatic heterocycles. The number of rotatable bonds is 4. The van der Waals surface area contributed by atoms with E-state index in [1.54, 1.807) is 17.0 Å². The molecule has 8 heteroatoms. The van der Waals surface area contributed by atoms with Gasteiger partial charge in [0.1, 0.15) is 0 Å². The van der Waals surface area contributed by atoms with E-state index in [1.165, 1.54) is 16.4 Å². The molecule has 1 aliphatic rings. The van der Waals surface area contributed by atoms with Crippen molar-refractivity contribution in [3.05, 3.63) is 30.1 Å². The Bertz CT molecular complexity index is 635. The molecule has 1 fully saturated rings. The molecule has 0 aromatic heterocycles. The standard InChI is InChI=1S/C14H19FN2O4S/c1-22(19,20)17-8-4-7-16(9-10-17)14(18)11-21-13-6-3-2-5-12(13)15/h2-3,5-6H,4,7-11H2,1H3. The lowest BCUT2D eigenvalue weighted by Crippen LogP contribution is -2.39. The summed E-state index contributed by atoms with van der Waals surface area (Å²) in [6, 6.07) is 5.88. The molecule has 0 N–H and O–H groups in total. The minimum atomic E-state index is -3.24. The van der Waals surface area contributed by atoms with Crippen molar-refractivity contribution < 1.29 is 22.3 Å². The van der Waals surface area contributed by atoms with Gasteiger partial charge >= 0.3 is 0 Å². The van der Waals surface area contributed by atoms with Crippen LogP contribution >= 0.6 is 0 Å². The summed E-state index contributed by atoms with van der Waals surface area (Å²) >= 11 is 0. The average Bonchev–Trinajstić information content (AvgIpc) is 2.71. The van der Waals surface area contributed by atoms with Gasteiger partial charge in [-0.25, -0.2) is 17.1 Å². The van der Waals surface area contributed by atoms with Crippen LogP contribution < -0.4 is 4.74 Å². The van der Waals surface area contributed by atoms with E-state index in [-0.39, 0.29) is 24.8 Å². The maximum atomic E-state index is 13.4. The molecule has 2 rings (SSSR count). The number of benzene rings is 1. The summed E-state index contributed by atoms with van der Waals surface area (Å²) in [7, 11) is -3.24. The van der Waals surface area contributed by atoms with Crippen LogP contribution in [0.15, 0.2) is 24.3 Å². The third-order valence-electron chi connectivity index (χ3n) is 3.46. The second-order valence-electron chi connectivity index (χ2n) is 5.12. The van der Waals surface area contributed by atoms with Crippen molar-refractivity contribution in [2.75, 3.05) is 39.0 Å². The highest BCUT2D eigenvalue weighted by Gasteiger charge is 2.24. The number of nitrogens with zero attached hydrogens (tertiary/aromatic N) is 2. The highest BCUT2D eigenvalue weighted by molar-refractivity contribution is 7.88. The fraction of sp³-hybridized carbons (Fsp3) is 0.500. The van der Waals surface area contributed by atoms with Crippen molar-refractivity contribution in [2.45, 2.75) is 6.42 Å². The number of carbonyl (C=O) groups excluding carboxylic acids is 1. The summed E-state index contributed by atoms with van der Waals surface area (Å²) in [5, 5.41) is 0. The quantitative estimate of drug-likeness (QED) is 0.815. The van der Waals surface area contributed by atoms with Gasteiger partial charge in [0.2, 0.25) is 10.0 Å². The Hall–Kier alpha value is -1.67. The van der Waals surface area contributed by atoms with Gasteiger partial charge in [0.05, 0.1) is 6.26 Å². The molecule has 1 heterocycles. The molecule has 1 amide bonds. The summed E-state index contributed by atoms with van der Waals surface area (Å²) in [4.78, 5) is 13.7. The van der Waals surface area contributed by atoms with E-state index in [0.29, 0.717) is 26.1 Å². The molecule has 0 unspecified atom stereocenters. The number of hydrogen-bond acceptors (Lipinski definition) is 4. The minimum absolute atomic E-state index is 0.0310. The van der Waals surface area contributed by atoms with E-state index in [2.05, 4.69) is 0 Å². The van der Waals surface area contributed by atoms with Gasteiger partial charge in [-0.3, -0.25) is 4.79 Å². The van der Waals surface area contributed by atoms with Gasteiger partial charge in [0.15, 0.2) is 18.2 Å². The third-order valence-corrected chi connectivity index (χ3v) is 4.77. The highest BCUT2D eigenvalue weighted by Crippen LogP contribution is 2.15. The van der Waals surface area contributed by atoms with Crippen LogP contribution in [0.5, 0.6) is 5.75 Å². The molecule has 0 spiro atoms. The van der Waals surface area contributed by atoms with Crippen molar-refractivity contribution >= 4 is 15.9 Å². The first-order chi connectivity index (χ1) is 10.4. The molecule has 0 saturated carbocycles. The second kappa shape index (κ2) is 7.06. The van der Waals surface area contributed by atoms with Crippen LogP contribution in [0.4, 0.5) is 4.39 Å². The van der Waals surface area contributed by atoms with Gasteiger partial charge in [-0.15, -0.1) is 0 Å². The van der Waals surface area contributed by atoms with Crippen molar-refractivity contribution in [3.8, 4) is 5.75 Å². The fourth-order valence-electron chi connectivity index (χ4n) is 2.27. The molecule has 22 heavy (non-hydrogen) atoms. The zero-order valence-corrected chi connectivity index (χ0v) is 13.2. The number of sulfonamides is 1. The van der Waals surface area contributed by atoms with Crippen molar-refractivity contribution in [2.24, 2.45) is 0 Å². The molecule has 0 aliphatic carbocycles. The van der Waals surface area contributed by atoms with Gasteiger partial charge in [-0.05, 0) is 18.6 Å². The Kier molecular flexibility index (Phi) is 5.36. The fourth-order valence-corrected chi connectivity index (χ4v) is 3.14. The summed E-state index contributed by atoms with van der Waals surface area (Å²) < 4.78 is 43.0. The van der Waals surface area contributed by atoms with Crippen molar-refractivity contribution in [1.29, 1.82) is 0 Å². The maximum Gasteiger partial charge on any atom is 0.260 e.